The van der Waals surface area contributed by atoms with Crippen molar-refractivity contribution < 1.29 is 14.3 Å². The second kappa shape index (κ2) is 8.83. The Bertz CT molecular complexity index is 878. The lowest BCUT2D eigenvalue weighted by molar-refractivity contribution is -0.123. The van der Waals surface area contributed by atoms with E-state index in [4.69, 9.17) is 16.3 Å². The summed E-state index contributed by atoms with van der Waals surface area (Å²) in [6.07, 6.45) is 0.243. The summed E-state index contributed by atoms with van der Waals surface area (Å²) in [6.45, 7) is 6.67. The second-order valence-electron chi connectivity index (χ2n) is 7.23. The number of carbonyl (C=O) groups is 2. The number of benzene rings is 1. The number of hydrogen-bond acceptors (Lipinski definition) is 6. The van der Waals surface area contributed by atoms with Gasteiger partial charge in [-0.05, 0) is 43.3 Å². The van der Waals surface area contributed by atoms with Gasteiger partial charge in [-0.15, -0.1) is 11.3 Å². The van der Waals surface area contributed by atoms with Crippen molar-refractivity contribution in [1.82, 2.24) is 9.80 Å². The van der Waals surface area contributed by atoms with Crippen molar-refractivity contribution in [2.75, 3.05) is 37.7 Å². The van der Waals surface area contributed by atoms with Crippen LogP contribution in [0.15, 0.2) is 36.4 Å². The smallest absolute Gasteiger partial charge is 0.251 e. The SMILES string of the molecule is CCOc1ccc(N2C(=O)C[C@@H](N3CCN(Cc4ccc(Cl)s4)CC3)C2=O)cc1. The van der Waals surface area contributed by atoms with E-state index in [0.717, 1.165) is 42.8 Å². The molecule has 2 aromatic rings. The molecule has 29 heavy (non-hydrogen) atoms. The molecule has 6 nitrogen and oxygen atoms in total. The summed E-state index contributed by atoms with van der Waals surface area (Å²) in [6, 6.07) is 10.8. The predicted molar refractivity (Wildman–Crippen MR) is 115 cm³/mol. The van der Waals surface area contributed by atoms with Crippen LogP contribution in [0.4, 0.5) is 5.69 Å². The highest BCUT2D eigenvalue weighted by Gasteiger charge is 2.43. The third-order valence-corrected chi connectivity index (χ3v) is 6.60. The van der Waals surface area contributed by atoms with Crippen molar-refractivity contribution in [2.24, 2.45) is 0 Å². The summed E-state index contributed by atoms with van der Waals surface area (Å²) in [7, 11) is 0. The normalized spacial score (nSPS) is 21.2. The zero-order valence-corrected chi connectivity index (χ0v) is 17.9. The molecule has 1 atom stereocenters. The first-order valence-electron chi connectivity index (χ1n) is 9.85. The Balaban J connectivity index is 1.36. The minimum absolute atomic E-state index is 0.127. The van der Waals surface area contributed by atoms with Gasteiger partial charge in [-0.1, -0.05) is 11.6 Å². The van der Waals surface area contributed by atoms with E-state index in [-0.39, 0.29) is 24.3 Å². The average molecular weight is 434 g/mol. The third kappa shape index (κ3) is 4.48. The van der Waals surface area contributed by atoms with E-state index in [9.17, 15) is 9.59 Å². The van der Waals surface area contributed by atoms with Gasteiger partial charge in [0.15, 0.2) is 0 Å². The number of hydrogen-bond donors (Lipinski definition) is 0. The number of rotatable bonds is 6. The zero-order valence-electron chi connectivity index (χ0n) is 16.3. The molecular formula is C21H24ClN3O3S. The van der Waals surface area contributed by atoms with Gasteiger partial charge in [0.2, 0.25) is 5.91 Å². The lowest BCUT2D eigenvalue weighted by Gasteiger charge is -2.36. The molecule has 2 fully saturated rings. The molecule has 3 heterocycles. The van der Waals surface area contributed by atoms with E-state index >= 15 is 0 Å². The lowest BCUT2D eigenvalue weighted by atomic mass is 10.1. The Morgan fingerprint density at radius 1 is 1.07 bits per heavy atom. The van der Waals surface area contributed by atoms with Crippen LogP contribution in [-0.2, 0) is 16.1 Å². The summed E-state index contributed by atoms with van der Waals surface area (Å²) in [4.78, 5) is 32.7. The molecule has 0 aliphatic carbocycles. The summed E-state index contributed by atoms with van der Waals surface area (Å²) >= 11 is 7.62. The quantitative estimate of drug-likeness (QED) is 0.654. The fourth-order valence-corrected chi connectivity index (χ4v) is 5.05. The van der Waals surface area contributed by atoms with E-state index in [1.54, 1.807) is 35.6 Å². The fraction of sp³-hybridized carbons (Fsp3) is 0.429. The van der Waals surface area contributed by atoms with Gasteiger partial charge in [-0.25, -0.2) is 4.90 Å². The molecule has 0 saturated carbocycles. The fourth-order valence-electron chi connectivity index (χ4n) is 3.92. The van der Waals surface area contributed by atoms with Crippen LogP contribution in [0.3, 0.4) is 0 Å². The molecule has 0 radical (unpaired) electrons. The molecule has 8 heteroatoms. The van der Waals surface area contributed by atoms with Crippen LogP contribution >= 0.6 is 22.9 Å². The minimum Gasteiger partial charge on any atom is -0.494 e. The highest BCUT2D eigenvalue weighted by molar-refractivity contribution is 7.16. The van der Waals surface area contributed by atoms with Gasteiger partial charge in [0.1, 0.15) is 5.75 Å². The van der Waals surface area contributed by atoms with Gasteiger partial charge in [-0.3, -0.25) is 19.4 Å². The Morgan fingerprint density at radius 3 is 2.41 bits per heavy atom. The molecule has 1 aromatic carbocycles. The average Bonchev–Trinajstić information content (AvgIpc) is 3.26. The van der Waals surface area contributed by atoms with Crippen molar-refractivity contribution in [2.45, 2.75) is 25.9 Å². The van der Waals surface area contributed by atoms with Gasteiger partial charge in [0.25, 0.3) is 5.91 Å². The van der Waals surface area contributed by atoms with E-state index in [2.05, 4.69) is 15.9 Å². The van der Waals surface area contributed by atoms with Crippen LogP contribution in [0.2, 0.25) is 4.34 Å². The van der Waals surface area contributed by atoms with Gasteiger partial charge in [0.05, 0.1) is 29.1 Å². The van der Waals surface area contributed by atoms with Crippen LogP contribution in [0.5, 0.6) is 5.75 Å². The molecule has 154 valence electrons. The van der Waals surface area contributed by atoms with Gasteiger partial charge < -0.3 is 4.74 Å². The molecule has 0 bridgehead atoms. The highest BCUT2D eigenvalue weighted by Crippen LogP contribution is 2.28. The highest BCUT2D eigenvalue weighted by atomic mass is 35.5. The van der Waals surface area contributed by atoms with Crippen molar-refractivity contribution in [3.63, 3.8) is 0 Å². The molecule has 0 N–H and O–H groups in total. The Labute approximate surface area is 179 Å². The first-order valence-corrected chi connectivity index (χ1v) is 11.0. The zero-order chi connectivity index (χ0) is 20.4. The van der Waals surface area contributed by atoms with Crippen molar-refractivity contribution in [1.29, 1.82) is 0 Å². The maximum absolute atomic E-state index is 13.0. The van der Waals surface area contributed by atoms with E-state index in [1.807, 2.05) is 13.0 Å². The summed E-state index contributed by atoms with van der Waals surface area (Å²) in [5.41, 5.74) is 0.610. The van der Waals surface area contributed by atoms with E-state index in [0.29, 0.717) is 12.3 Å². The number of thiophene rings is 1. The van der Waals surface area contributed by atoms with Crippen molar-refractivity contribution in [3.8, 4) is 5.75 Å². The molecule has 2 aliphatic heterocycles. The minimum atomic E-state index is -0.368. The first-order chi connectivity index (χ1) is 14.0. The number of nitrogens with zero attached hydrogens (tertiary/aromatic N) is 3. The summed E-state index contributed by atoms with van der Waals surface area (Å²) in [5, 5.41) is 0. The molecule has 0 spiro atoms. The number of amides is 2. The topological polar surface area (TPSA) is 53.1 Å². The Hall–Kier alpha value is -1.93. The standard InChI is InChI=1S/C21H24ClN3O3S/c1-2-28-16-5-3-15(4-6-16)25-20(26)13-18(21(25)27)24-11-9-23(10-12-24)14-17-7-8-19(22)29-17/h3-8,18H,2,9-14H2,1H3/t18-/m1/s1. The summed E-state index contributed by atoms with van der Waals surface area (Å²) in [5.74, 6) is 0.465. The van der Waals surface area contributed by atoms with Crippen LogP contribution < -0.4 is 9.64 Å². The maximum atomic E-state index is 13.0. The molecule has 1 aromatic heterocycles. The number of carbonyl (C=O) groups excluding carboxylic acids is 2. The second-order valence-corrected chi connectivity index (χ2v) is 9.03. The van der Waals surface area contributed by atoms with Crippen LogP contribution in [0, 0.1) is 0 Å². The molecule has 2 amide bonds. The van der Waals surface area contributed by atoms with Crippen LogP contribution in [0.1, 0.15) is 18.2 Å². The monoisotopic (exact) mass is 433 g/mol. The van der Waals surface area contributed by atoms with Crippen LogP contribution in [0.25, 0.3) is 0 Å². The first kappa shape index (κ1) is 20.3. The molecular weight excluding hydrogens is 410 g/mol. The van der Waals surface area contributed by atoms with Crippen molar-refractivity contribution in [3.05, 3.63) is 45.6 Å². The number of halogens is 1. The number of imide groups is 1. The van der Waals surface area contributed by atoms with Crippen molar-refractivity contribution >= 4 is 40.4 Å². The van der Waals surface area contributed by atoms with Gasteiger partial charge >= 0.3 is 0 Å². The van der Waals surface area contributed by atoms with E-state index in [1.165, 1.54) is 9.78 Å². The molecule has 2 saturated heterocycles. The van der Waals surface area contributed by atoms with Gasteiger partial charge in [-0.2, -0.15) is 0 Å². The Kier molecular flexibility index (Phi) is 6.20. The Morgan fingerprint density at radius 2 is 1.79 bits per heavy atom. The molecule has 0 unspecified atom stereocenters. The number of anilines is 1. The van der Waals surface area contributed by atoms with E-state index < -0.39 is 0 Å². The number of piperazine rings is 1. The lowest BCUT2D eigenvalue weighted by Crippen LogP contribution is -2.52. The number of ether oxygens (including phenoxy) is 1. The molecule has 2 aliphatic rings. The third-order valence-electron chi connectivity index (χ3n) is 5.38. The predicted octanol–water partition coefficient (Wildman–Crippen LogP) is 3.25. The summed E-state index contributed by atoms with van der Waals surface area (Å²) < 4.78 is 6.25. The largest absolute Gasteiger partial charge is 0.494 e. The maximum Gasteiger partial charge on any atom is 0.251 e. The molecule has 4 rings (SSSR count). The van der Waals surface area contributed by atoms with Gasteiger partial charge in [0, 0.05) is 37.6 Å². The van der Waals surface area contributed by atoms with Crippen LogP contribution in [-0.4, -0.2) is 60.4 Å².